The van der Waals surface area contributed by atoms with Gasteiger partial charge in [-0.1, -0.05) is 24.3 Å². The van der Waals surface area contributed by atoms with Crippen molar-refractivity contribution in [2.45, 2.75) is 26.0 Å². The second kappa shape index (κ2) is 8.46. The van der Waals surface area contributed by atoms with Gasteiger partial charge in [-0.3, -0.25) is 9.59 Å². The Kier molecular flexibility index (Phi) is 5.83. The van der Waals surface area contributed by atoms with E-state index in [-0.39, 0.29) is 24.7 Å². The quantitative estimate of drug-likeness (QED) is 0.562. The molecule has 2 aromatic carbocycles. The maximum atomic E-state index is 11.9. The van der Waals surface area contributed by atoms with Crippen LogP contribution in [0.5, 0.6) is 5.75 Å². The van der Waals surface area contributed by atoms with E-state index >= 15 is 0 Å². The number of carbonyl (C=O) groups excluding carboxylic acids is 2. The van der Waals surface area contributed by atoms with Gasteiger partial charge in [-0.25, -0.2) is 4.98 Å². The second-order valence-electron chi connectivity index (χ2n) is 6.35. The van der Waals surface area contributed by atoms with Gasteiger partial charge in [-0.05, 0) is 30.7 Å². The third-order valence-electron chi connectivity index (χ3n) is 4.26. The van der Waals surface area contributed by atoms with Crippen LogP contribution in [0.2, 0.25) is 0 Å². The van der Waals surface area contributed by atoms with Crippen LogP contribution in [0.4, 0.5) is 0 Å². The van der Waals surface area contributed by atoms with Crippen LogP contribution in [0.1, 0.15) is 18.1 Å². The molecule has 7 nitrogen and oxygen atoms in total. The number of fused-ring (bicyclic) bond motifs is 1. The van der Waals surface area contributed by atoms with Crippen LogP contribution < -0.4 is 15.8 Å². The van der Waals surface area contributed by atoms with E-state index in [1.165, 1.54) is 6.92 Å². The van der Waals surface area contributed by atoms with Gasteiger partial charge in [0.05, 0.1) is 29.8 Å². The number of amides is 1. The van der Waals surface area contributed by atoms with E-state index in [1.54, 1.807) is 6.33 Å². The lowest BCUT2D eigenvalue weighted by Crippen LogP contribution is -2.41. The van der Waals surface area contributed by atoms with Crippen molar-refractivity contribution < 1.29 is 14.3 Å². The Bertz CT molecular complexity index is 934. The lowest BCUT2D eigenvalue weighted by atomic mass is 10.1. The Hall–Kier alpha value is -3.19. The Morgan fingerprint density at radius 2 is 2.00 bits per heavy atom. The van der Waals surface area contributed by atoms with Gasteiger partial charge >= 0.3 is 0 Å². The van der Waals surface area contributed by atoms with Gasteiger partial charge in [0.2, 0.25) is 5.91 Å². The number of ketones is 1. The van der Waals surface area contributed by atoms with Crippen LogP contribution in [0.25, 0.3) is 11.0 Å². The first-order valence-corrected chi connectivity index (χ1v) is 8.68. The van der Waals surface area contributed by atoms with Gasteiger partial charge in [0, 0.05) is 12.1 Å². The van der Waals surface area contributed by atoms with Gasteiger partial charge in [0.1, 0.15) is 18.1 Å². The fourth-order valence-electron chi connectivity index (χ4n) is 2.62. The molecule has 3 rings (SSSR count). The van der Waals surface area contributed by atoms with Crippen LogP contribution in [-0.2, 0) is 22.6 Å². The number of nitrogens with zero attached hydrogens (tertiary/aromatic N) is 1. The number of Topliss-reactive ketones (excluding diaryl/α,β-unsaturated/α-hetero) is 1. The van der Waals surface area contributed by atoms with Crippen LogP contribution in [0, 0.1) is 0 Å². The summed E-state index contributed by atoms with van der Waals surface area (Å²) in [6.45, 7) is 1.96. The fourth-order valence-corrected chi connectivity index (χ4v) is 2.62. The standard InChI is InChI=1S/C20H22N4O3/c1-13(25)17(21)10-22-19(26)9-14-5-7-16(8-6-14)27-11-15-3-2-4-18-20(15)24-12-23-18/h2-8,12,17H,9-11,21H2,1H3,(H,22,26)(H,23,24)/t17-/m0/s1. The fraction of sp³-hybridized carbons (Fsp3) is 0.250. The normalized spacial score (nSPS) is 11.9. The van der Waals surface area contributed by atoms with E-state index in [2.05, 4.69) is 15.3 Å². The Labute approximate surface area is 156 Å². The first-order chi connectivity index (χ1) is 13.0. The lowest BCUT2D eigenvalue weighted by molar-refractivity contribution is -0.121. The molecule has 0 unspecified atom stereocenters. The topological polar surface area (TPSA) is 110 Å². The third kappa shape index (κ3) is 4.92. The summed E-state index contributed by atoms with van der Waals surface area (Å²) in [6, 6.07) is 12.6. The van der Waals surface area contributed by atoms with Crippen molar-refractivity contribution in [2.24, 2.45) is 5.73 Å². The molecule has 140 valence electrons. The zero-order valence-corrected chi connectivity index (χ0v) is 15.1. The molecule has 0 aliphatic heterocycles. The number of aromatic amines is 1. The summed E-state index contributed by atoms with van der Waals surface area (Å²) >= 11 is 0. The van der Waals surface area contributed by atoms with Gasteiger partial charge in [0.25, 0.3) is 0 Å². The molecule has 0 bridgehead atoms. The molecule has 0 saturated heterocycles. The number of benzene rings is 2. The molecule has 0 radical (unpaired) electrons. The average molecular weight is 366 g/mol. The Morgan fingerprint density at radius 1 is 1.22 bits per heavy atom. The smallest absolute Gasteiger partial charge is 0.224 e. The lowest BCUT2D eigenvalue weighted by Gasteiger charge is -2.10. The number of imidazole rings is 1. The largest absolute Gasteiger partial charge is 0.489 e. The number of ether oxygens (including phenoxy) is 1. The molecule has 1 heterocycles. The summed E-state index contributed by atoms with van der Waals surface area (Å²) in [5.74, 6) is 0.387. The molecule has 0 aliphatic rings. The molecule has 0 aliphatic carbocycles. The summed E-state index contributed by atoms with van der Waals surface area (Å²) in [5.41, 5.74) is 9.32. The molecular formula is C20H22N4O3. The SMILES string of the molecule is CC(=O)[C@@H](N)CNC(=O)Cc1ccc(OCc2cccc3[nH]cnc23)cc1. The highest BCUT2D eigenvalue weighted by molar-refractivity contribution is 5.83. The molecular weight excluding hydrogens is 344 g/mol. The highest BCUT2D eigenvalue weighted by Gasteiger charge is 2.10. The van der Waals surface area contributed by atoms with Gasteiger partial charge < -0.3 is 20.8 Å². The predicted octanol–water partition coefficient (Wildman–Crippen LogP) is 1.72. The van der Waals surface area contributed by atoms with Crippen molar-refractivity contribution in [3.05, 3.63) is 59.9 Å². The van der Waals surface area contributed by atoms with E-state index in [0.717, 1.165) is 22.2 Å². The zero-order chi connectivity index (χ0) is 19.2. The predicted molar refractivity (Wildman–Crippen MR) is 102 cm³/mol. The van der Waals surface area contributed by atoms with Crippen molar-refractivity contribution in [1.29, 1.82) is 0 Å². The molecule has 1 atom stereocenters. The molecule has 0 spiro atoms. The van der Waals surface area contributed by atoms with Gasteiger partial charge in [0.15, 0.2) is 0 Å². The highest BCUT2D eigenvalue weighted by atomic mass is 16.5. The number of nitrogens with one attached hydrogen (secondary N) is 2. The van der Waals surface area contributed by atoms with Crippen molar-refractivity contribution in [1.82, 2.24) is 15.3 Å². The maximum absolute atomic E-state index is 11.9. The molecule has 3 aromatic rings. The van der Waals surface area contributed by atoms with E-state index < -0.39 is 6.04 Å². The van der Waals surface area contributed by atoms with Crippen LogP contribution in [0.3, 0.4) is 0 Å². The molecule has 4 N–H and O–H groups in total. The zero-order valence-electron chi connectivity index (χ0n) is 15.1. The van der Waals surface area contributed by atoms with Crippen LogP contribution >= 0.6 is 0 Å². The van der Waals surface area contributed by atoms with Crippen molar-refractivity contribution >= 4 is 22.7 Å². The number of H-pyrrole nitrogens is 1. The minimum absolute atomic E-state index is 0.147. The molecule has 27 heavy (non-hydrogen) atoms. The monoisotopic (exact) mass is 366 g/mol. The molecule has 1 aromatic heterocycles. The number of aromatic nitrogens is 2. The number of nitrogens with two attached hydrogens (primary N) is 1. The van der Waals surface area contributed by atoms with E-state index in [0.29, 0.717) is 12.4 Å². The first kappa shape index (κ1) is 18.6. The maximum Gasteiger partial charge on any atom is 0.224 e. The van der Waals surface area contributed by atoms with Crippen LogP contribution in [0.15, 0.2) is 48.8 Å². The number of carbonyl (C=O) groups is 2. The second-order valence-corrected chi connectivity index (χ2v) is 6.35. The Balaban J connectivity index is 1.52. The highest BCUT2D eigenvalue weighted by Crippen LogP contribution is 2.18. The summed E-state index contributed by atoms with van der Waals surface area (Å²) in [6.07, 6.45) is 1.88. The third-order valence-corrected chi connectivity index (χ3v) is 4.26. The van der Waals surface area contributed by atoms with E-state index in [4.69, 9.17) is 10.5 Å². The number of para-hydroxylation sites is 1. The number of rotatable bonds is 8. The van der Waals surface area contributed by atoms with Crippen molar-refractivity contribution in [3.63, 3.8) is 0 Å². The van der Waals surface area contributed by atoms with Gasteiger partial charge in [-0.15, -0.1) is 0 Å². The van der Waals surface area contributed by atoms with Gasteiger partial charge in [-0.2, -0.15) is 0 Å². The molecule has 1 amide bonds. The molecule has 7 heteroatoms. The molecule has 0 saturated carbocycles. The van der Waals surface area contributed by atoms with Crippen molar-refractivity contribution in [3.8, 4) is 5.75 Å². The van der Waals surface area contributed by atoms with E-state index in [9.17, 15) is 9.59 Å². The summed E-state index contributed by atoms with van der Waals surface area (Å²) in [5, 5.41) is 2.66. The average Bonchev–Trinajstić information content (AvgIpc) is 3.15. The minimum atomic E-state index is -0.663. The molecule has 0 fully saturated rings. The summed E-state index contributed by atoms with van der Waals surface area (Å²) in [7, 11) is 0. The van der Waals surface area contributed by atoms with Crippen LogP contribution in [-0.4, -0.2) is 34.2 Å². The first-order valence-electron chi connectivity index (χ1n) is 8.68. The van der Waals surface area contributed by atoms with E-state index in [1.807, 2.05) is 42.5 Å². The Morgan fingerprint density at radius 3 is 2.74 bits per heavy atom. The summed E-state index contributed by atoms with van der Waals surface area (Å²) < 4.78 is 5.83. The number of hydrogen-bond acceptors (Lipinski definition) is 5. The summed E-state index contributed by atoms with van der Waals surface area (Å²) in [4.78, 5) is 30.4. The van der Waals surface area contributed by atoms with Crippen molar-refractivity contribution in [2.75, 3.05) is 6.54 Å². The minimum Gasteiger partial charge on any atom is -0.489 e. The number of hydrogen-bond donors (Lipinski definition) is 3.